The van der Waals surface area contributed by atoms with Crippen LogP contribution >= 0.6 is 47.8 Å². The summed E-state index contributed by atoms with van der Waals surface area (Å²) in [5.74, 6) is -0.276. The van der Waals surface area contributed by atoms with Gasteiger partial charge in [0.15, 0.2) is 14.6 Å². The summed E-state index contributed by atoms with van der Waals surface area (Å²) in [6.07, 6.45) is 4.92. The van der Waals surface area contributed by atoms with Crippen molar-refractivity contribution in [3.8, 4) is 0 Å². The van der Waals surface area contributed by atoms with Crippen LogP contribution in [0.3, 0.4) is 0 Å². The second-order valence-electron chi connectivity index (χ2n) is 7.99. The monoisotopic (exact) mass is 553 g/mol. The van der Waals surface area contributed by atoms with E-state index < -0.39 is 9.84 Å². The van der Waals surface area contributed by atoms with Gasteiger partial charge in [-0.1, -0.05) is 11.6 Å². The Labute approximate surface area is 214 Å². The Morgan fingerprint density at radius 1 is 1.21 bits per heavy atom. The molecule has 182 valence electrons. The molecule has 0 unspecified atom stereocenters. The number of halogens is 3. The number of nitrogens with one attached hydrogen (secondary N) is 1. The standard InChI is InChI=1S/C21H26ClN4O3S2.2ClH/c1-23-21-25(2)14-20(30-21)26(9-4-3-5-10-26)19(27)8-11-31(28,29)18-13-15-12-16(22)6-7-17(15)24-18;;/h6-7,12-14,24H,3-5,8-11H2,1-2H3;2*1H/q+1;;/b23-21-;;. The first-order chi connectivity index (χ1) is 14.7. The van der Waals surface area contributed by atoms with E-state index in [4.69, 9.17) is 11.6 Å². The molecule has 4 rings (SSSR count). The quantitative estimate of drug-likeness (QED) is 0.472. The third-order valence-electron chi connectivity index (χ3n) is 5.95. The fourth-order valence-electron chi connectivity index (χ4n) is 4.25. The molecule has 1 aliphatic heterocycles. The van der Waals surface area contributed by atoms with Crippen LogP contribution in [0.2, 0.25) is 5.02 Å². The van der Waals surface area contributed by atoms with Gasteiger partial charge in [0, 0.05) is 30.0 Å². The number of thiazole rings is 1. The molecule has 0 aliphatic carbocycles. The highest BCUT2D eigenvalue weighted by molar-refractivity contribution is 7.91. The number of H-pyrrole nitrogens is 1. The molecule has 1 amide bonds. The molecule has 12 heteroatoms. The molecule has 1 fully saturated rings. The second kappa shape index (κ2) is 10.9. The molecule has 0 bridgehead atoms. The summed E-state index contributed by atoms with van der Waals surface area (Å²) >= 11 is 7.52. The number of sulfone groups is 1. The van der Waals surface area contributed by atoms with Gasteiger partial charge in [-0.15, -0.1) is 24.8 Å². The van der Waals surface area contributed by atoms with Crippen LogP contribution in [0, 0.1) is 0 Å². The van der Waals surface area contributed by atoms with Gasteiger partial charge in [0.2, 0.25) is 5.00 Å². The average molecular weight is 555 g/mol. The summed E-state index contributed by atoms with van der Waals surface area (Å²) in [5.41, 5.74) is 0.704. The highest BCUT2D eigenvalue weighted by Gasteiger charge is 2.42. The molecular formula is C21H28Cl3N4O3S2+. The number of carbonyl (C=O) groups excluding carboxylic acids is 1. The molecule has 0 radical (unpaired) electrons. The van der Waals surface area contributed by atoms with Gasteiger partial charge < -0.3 is 9.55 Å². The maximum atomic E-state index is 13.5. The van der Waals surface area contributed by atoms with Gasteiger partial charge in [-0.3, -0.25) is 4.99 Å². The number of nitrogens with zero attached hydrogens (tertiary/aromatic N) is 3. The number of aromatic nitrogens is 2. The number of aromatic amines is 1. The number of quaternary nitrogens is 1. The van der Waals surface area contributed by atoms with Gasteiger partial charge in [0.1, 0.15) is 5.03 Å². The van der Waals surface area contributed by atoms with Gasteiger partial charge in [-0.25, -0.2) is 17.7 Å². The summed E-state index contributed by atoms with van der Waals surface area (Å²) in [5, 5.41) is 2.34. The Bertz CT molecular complexity index is 1310. The first kappa shape index (κ1) is 27.9. The van der Waals surface area contributed by atoms with Crippen LogP contribution in [0.15, 0.2) is 40.5 Å². The first-order valence-electron chi connectivity index (χ1n) is 10.3. The molecule has 3 heterocycles. The SMILES string of the molecule is C/N=c1\sc([N+]2(C(=O)CCS(=O)(=O)c3cc4cc(Cl)ccc4[nH]3)CCCCC2)cn1C.Cl.Cl. The zero-order valence-electron chi connectivity index (χ0n) is 18.4. The number of benzene rings is 1. The summed E-state index contributed by atoms with van der Waals surface area (Å²) < 4.78 is 28.1. The third kappa shape index (κ3) is 5.49. The van der Waals surface area contributed by atoms with E-state index in [1.807, 2.05) is 17.8 Å². The van der Waals surface area contributed by atoms with E-state index in [0.29, 0.717) is 23.6 Å². The van der Waals surface area contributed by atoms with Crippen LogP contribution < -0.4 is 9.28 Å². The van der Waals surface area contributed by atoms with Gasteiger partial charge in [-0.2, -0.15) is 0 Å². The predicted octanol–water partition coefficient (Wildman–Crippen LogP) is 4.48. The van der Waals surface area contributed by atoms with E-state index in [0.717, 1.165) is 34.5 Å². The average Bonchev–Trinajstić information content (AvgIpc) is 3.36. The van der Waals surface area contributed by atoms with Crippen LogP contribution in [-0.4, -0.2) is 49.8 Å². The molecule has 1 aromatic carbocycles. The van der Waals surface area contributed by atoms with Crippen LogP contribution in [0.1, 0.15) is 25.7 Å². The molecule has 0 atom stereocenters. The molecule has 0 saturated carbocycles. The van der Waals surface area contributed by atoms with E-state index in [1.165, 1.54) is 11.3 Å². The molecule has 1 N–H and O–H groups in total. The highest BCUT2D eigenvalue weighted by Crippen LogP contribution is 2.32. The van der Waals surface area contributed by atoms with E-state index in [-0.39, 0.29) is 52.4 Å². The fraction of sp³-hybridized carbons (Fsp3) is 0.429. The van der Waals surface area contributed by atoms with Crippen molar-refractivity contribution in [2.75, 3.05) is 25.9 Å². The maximum Gasteiger partial charge on any atom is 0.320 e. The normalized spacial score (nSPS) is 16.3. The van der Waals surface area contributed by atoms with Gasteiger partial charge in [-0.05, 0) is 54.9 Å². The molecule has 1 saturated heterocycles. The molecule has 7 nitrogen and oxygen atoms in total. The molecule has 3 aromatic rings. The molecule has 1 aliphatic rings. The minimum absolute atomic E-state index is 0. The fourth-order valence-corrected chi connectivity index (χ4v) is 6.81. The largest absolute Gasteiger partial charge is 0.346 e. The van der Waals surface area contributed by atoms with Crippen LogP contribution in [0.25, 0.3) is 10.9 Å². The van der Waals surface area contributed by atoms with Crippen molar-refractivity contribution < 1.29 is 13.2 Å². The van der Waals surface area contributed by atoms with Crippen molar-refractivity contribution in [3.63, 3.8) is 0 Å². The van der Waals surface area contributed by atoms with Crippen molar-refractivity contribution in [3.05, 3.63) is 40.3 Å². The number of likely N-dealkylation sites (tertiary alicyclic amines) is 1. The summed E-state index contributed by atoms with van der Waals surface area (Å²) in [4.78, 5) is 21.5. The van der Waals surface area contributed by atoms with Crippen molar-refractivity contribution in [2.45, 2.75) is 30.7 Å². The molecule has 2 aromatic heterocycles. The Hall–Kier alpha value is -1.36. The zero-order chi connectivity index (χ0) is 22.2. The Morgan fingerprint density at radius 2 is 1.91 bits per heavy atom. The lowest BCUT2D eigenvalue weighted by atomic mass is 10.1. The van der Waals surface area contributed by atoms with Crippen molar-refractivity contribution >= 4 is 79.4 Å². The highest BCUT2D eigenvalue weighted by atomic mass is 35.5. The second-order valence-corrected chi connectivity index (χ2v) is 11.5. The lowest BCUT2D eigenvalue weighted by molar-refractivity contribution is -0.130. The predicted molar refractivity (Wildman–Crippen MR) is 140 cm³/mol. The summed E-state index contributed by atoms with van der Waals surface area (Å²) in [7, 11) is 0.0157. The van der Waals surface area contributed by atoms with Crippen LogP contribution in [0.5, 0.6) is 0 Å². The first-order valence-corrected chi connectivity index (χ1v) is 13.1. The van der Waals surface area contributed by atoms with E-state index in [9.17, 15) is 13.2 Å². The van der Waals surface area contributed by atoms with Gasteiger partial charge >= 0.3 is 5.91 Å². The Kier molecular flexibility index (Phi) is 9.23. The zero-order valence-corrected chi connectivity index (χ0v) is 22.4. The topological polar surface area (TPSA) is 84.3 Å². The minimum Gasteiger partial charge on any atom is -0.346 e. The number of fused-ring (bicyclic) bond motifs is 1. The minimum atomic E-state index is -3.64. The molecular weight excluding hydrogens is 527 g/mol. The van der Waals surface area contributed by atoms with Crippen molar-refractivity contribution in [1.29, 1.82) is 0 Å². The van der Waals surface area contributed by atoms with Crippen molar-refractivity contribution in [1.82, 2.24) is 14.0 Å². The molecule has 33 heavy (non-hydrogen) atoms. The smallest absolute Gasteiger partial charge is 0.320 e. The van der Waals surface area contributed by atoms with Crippen LogP contribution in [0.4, 0.5) is 5.00 Å². The van der Waals surface area contributed by atoms with Gasteiger partial charge in [0.25, 0.3) is 0 Å². The molecule has 0 spiro atoms. The van der Waals surface area contributed by atoms with Gasteiger partial charge in [0.05, 0.1) is 31.5 Å². The Balaban J connectivity index is 0.00000193. The lowest BCUT2D eigenvalue weighted by Gasteiger charge is -2.36. The number of amides is 1. The number of hydrogen-bond donors (Lipinski definition) is 1. The number of aryl methyl sites for hydroxylation is 1. The van der Waals surface area contributed by atoms with E-state index >= 15 is 0 Å². The number of rotatable bonds is 5. The summed E-state index contributed by atoms with van der Waals surface area (Å²) in [6.45, 7) is 1.40. The maximum absolute atomic E-state index is 13.5. The number of hydrogen-bond acceptors (Lipinski definition) is 5. The van der Waals surface area contributed by atoms with E-state index in [2.05, 4.69) is 9.98 Å². The van der Waals surface area contributed by atoms with Crippen LogP contribution in [-0.2, 0) is 21.7 Å². The van der Waals surface area contributed by atoms with E-state index in [1.54, 1.807) is 31.3 Å². The number of carbonyl (C=O) groups is 1. The third-order valence-corrected chi connectivity index (χ3v) is 9.13. The summed E-state index contributed by atoms with van der Waals surface area (Å²) in [6, 6.07) is 6.77. The van der Waals surface area contributed by atoms with Crippen molar-refractivity contribution in [2.24, 2.45) is 12.0 Å². The number of piperidine rings is 1. The lowest BCUT2D eigenvalue weighted by Crippen LogP contribution is -2.57. The Morgan fingerprint density at radius 3 is 2.55 bits per heavy atom.